The molecule has 5 rings (SSSR count). The highest BCUT2D eigenvalue weighted by Gasteiger charge is 2.28. The van der Waals surface area contributed by atoms with Gasteiger partial charge in [-0.25, -0.2) is 8.78 Å². The van der Waals surface area contributed by atoms with Gasteiger partial charge in [-0.3, -0.25) is 10.00 Å². The molecule has 194 valence electrons. The average molecular weight is 509 g/mol. The molecule has 0 bridgehead atoms. The van der Waals surface area contributed by atoms with E-state index in [1.54, 1.807) is 25.1 Å². The van der Waals surface area contributed by atoms with Crippen molar-refractivity contribution in [2.24, 2.45) is 0 Å². The first-order valence-corrected chi connectivity index (χ1v) is 12.4. The number of fused-ring (bicyclic) bond motifs is 1. The van der Waals surface area contributed by atoms with Crippen LogP contribution >= 0.6 is 0 Å². The molecule has 4 aromatic rings. The summed E-state index contributed by atoms with van der Waals surface area (Å²) in [5.74, 6) is -0.0365. The third-order valence-electron chi connectivity index (χ3n) is 6.69. The van der Waals surface area contributed by atoms with Gasteiger partial charge in [-0.05, 0) is 38.6 Å². The standard InChI is InChI=1S/C26H30F2N8O/c1-5-16-11-22(34-33-16)30-21-13-23(36-9-8-17(14-36)35(6-2)7-3)32-26(31-21)37-20-12-19(27)25-18(24(20)28)10-15(4)29-25/h5,10-13,17,29H,1,6-9,14H2,2-4H3,(H2,30,31,32,33,34). The van der Waals surface area contributed by atoms with E-state index in [2.05, 4.69) is 60.7 Å². The largest absolute Gasteiger partial charge is 0.421 e. The van der Waals surface area contributed by atoms with Crippen LogP contribution in [0.1, 0.15) is 31.7 Å². The fraction of sp³-hybridized carbons (Fsp3) is 0.346. The normalized spacial score (nSPS) is 15.6. The van der Waals surface area contributed by atoms with Crippen LogP contribution in [0.2, 0.25) is 0 Å². The van der Waals surface area contributed by atoms with Gasteiger partial charge in [-0.2, -0.15) is 15.1 Å². The van der Waals surface area contributed by atoms with Gasteiger partial charge < -0.3 is 19.9 Å². The summed E-state index contributed by atoms with van der Waals surface area (Å²) in [6.45, 7) is 13.3. The third-order valence-corrected chi connectivity index (χ3v) is 6.69. The first kappa shape index (κ1) is 24.7. The predicted octanol–water partition coefficient (Wildman–Crippen LogP) is 5.37. The van der Waals surface area contributed by atoms with Crippen molar-refractivity contribution in [1.29, 1.82) is 0 Å². The van der Waals surface area contributed by atoms with Crippen LogP contribution in [-0.2, 0) is 0 Å². The van der Waals surface area contributed by atoms with Gasteiger partial charge in [0.1, 0.15) is 11.6 Å². The van der Waals surface area contributed by atoms with Gasteiger partial charge >= 0.3 is 6.01 Å². The number of nitrogens with zero attached hydrogens (tertiary/aromatic N) is 5. The summed E-state index contributed by atoms with van der Waals surface area (Å²) in [7, 11) is 0. The van der Waals surface area contributed by atoms with Crippen molar-refractivity contribution in [3.8, 4) is 11.8 Å². The fourth-order valence-corrected chi connectivity index (χ4v) is 4.82. The van der Waals surface area contributed by atoms with Gasteiger partial charge in [-0.15, -0.1) is 0 Å². The maximum atomic E-state index is 15.2. The molecule has 3 N–H and O–H groups in total. The molecule has 37 heavy (non-hydrogen) atoms. The Hall–Kier alpha value is -3.99. The Kier molecular flexibility index (Phi) is 6.79. The van der Waals surface area contributed by atoms with E-state index in [0.717, 1.165) is 44.4 Å². The van der Waals surface area contributed by atoms with Crippen molar-refractivity contribution < 1.29 is 13.5 Å². The number of benzene rings is 1. The highest BCUT2D eigenvalue weighted by Crippen LogP contribution is 2.33. The molecule has 9 nitrogen and oxygen atoms in total. The van der Waals surface area contributed by atoms with Crippen molar-refractivity contribution >= 4 is 34.4 Å². The molecule has 1 unspecified atom stereocenters. The molecule has 1 aliphatic heterocycles. The topological polar surface area (TPSA) is 98.0 Å². The van der Waals surface area contributed by atoms with Gasteiger partial charge in [0.25, 0.3) is 0 Å². The Labute approximate surface area is 213 Å². The second-order valence-corrected chi connectivity index (χ2v) is 9.05. The summed E-state index contributed by atoms with van der Waals surface area (Å²) in [4.78, 5) is 16.4. The van der Waals surface area contributed by atoms with Crippen LogP contribution in [0.15, 0.2) is 30.8 Å². The van der Waals surface area contributed by atoms with Gasteiger partial charge in [0.2, 0.25) is 0 Å². The molecule has 0 amide bonds. The number of aromatic amines is 2. The lowest BCUT2D eigenvalue weighted by Crippen LogP contribution is -2.37. The predicted molar refractivity (Wildman–Crippen MR) is 141 cm³/mol. The average Bonchev–Trinajstić information content (AvgIpc) is 3.63. The van der Waals surface area contributed by atoms with Crippen LogP contribution in [0.5, 0.6) is 11.8 Å². The molecular formula is C26H30F2N8O. The highest BCUT2D eigenvalue weighted by molar-refractivity contribution is 5.83. The third kappa shape index (κ3) is 4.99. The molecule has 3 aromatic heterocycles. The summed E-state index contributed by atoms with van der Waals surface area (Å²) >= 11 is 0. The number of hydrogen-bond acceptors (Lipinski definition) is 7. The van der Waals surface area contributed by atoms with Gasteiger partial charge in [0.15, 0.2) is 23.2 Å². The number of aromatic nitrogens is 5. The lowest BCUT2D eigenvalue weighted by molar-refractivity contribution is 0.232. The summed E-state index contributed by atoms with van der Waals surface area (Å²) < 4.78 is 35.7. The van der Waals surface area contributed by atoms with Gasteiger partial charge in [0.05, 0.1) is 11.2 Å². The molecule has 0 saturated carbocycles. The first-order valence-electron chi connectivity index (χ1n) is 12.4. The van der Waals surface area contributed by atoms with Crippen molar-refractivity contribution in [2.45, 2.75) is 33.2 Å². The Morgan fingerprint density at radius 2 is 2.00 bits per heavy atom. The molecule has 0 spiro atoms. The van der Waals surface area contributed by atoms with Crippen LogP contribution < -0.4 is 15.0 Å². The molecule has 1 fully saturated rings. The van der Waals surface area contributed by atoms with Crippen LogP contribution in [0.25, 0.3) is 17.0 Å². The molecule has 1 atom stereocenters. The summed E-state index contributed by atoms with van der Waals surface area (Å²) in [6.07, 6.45) is 2.64. The number of nitrogens with one attached hydrogen (secondary N) is 3. The van der Waals surface area contributed by atoms with Crippen molar-refractivity contribution in [3.63, 3.8) is 0 Å². The Morgan fingerprint density at radius 3 is 2.73 bits per heavy atom. The van der Waals surface area contributed by atoms with E-state index in [0.29, 0.717) is 29.2 Å². The summed E-state index contributed by atoms with van der Waals surface area (Å²) in [5, 5.41) is 10.3. The van der Waals surface area contributed by atoms with Crippen LogP contribution in [0.4, 0.5) is 26.2 Å². The van der Waals surface area contributed by atoms with E-state index in [9.17, 15) is 4.39 Å². The molecule has 1 saturated heterocycles. The number of anilines is 3. The highest BCUT2D eigenvalue weighted by atomic mass is 19.1. The number of hydrogen-bond donors (Lipinski definition) is 3. The SMILES string of the molecule is C=Cc1cc(Nc2cc(N3CCC(N(CC)CC)C3)nc(Oc3cc(F)c4[nH]c(C)cc4c3F)n2)n[nH]1. The number of aryl methyl sites for hydroxylation is 1. The molecule has 4 heterocycles. The van der Waals surface area contributed by atoms with E-state index in [4.69, 9.17) is 4.74 Å². The quantitative estimate of drug-likeness (QED) is 0.280. The molecule has 0 aliphatic carbocycles. The molecular weight excluding hydrogens is 478 g/mol. The van der Waals surface area contributed by atoms with Crippen molar-refractivity contribution in [1.82, 2.24) is 30.0 Å². The molecule has 0 radical (unpaired) electrons. The summed E-state index contributed by atoms with van der Waals surface area (Å²) in [5.41, 5.74) is 1.47. The van der Waals surface area contributed by atoms with E-state index in [1.807, 2.05) is 0 Å². The first-order chi connectivity index (χ1) is 17.9. The molecule has 1 aliphatic rings. The Balaban J connectivity index is 1.49. The number of rotatable bonds is 9. The van der Waals surface area contributed by atoms with Crippen molar-refractivity contribution in [3.05, 3.63) is 53.9 Å². The number of ether oxygens (including phenoxy) is 1. The smallest absolute Gasteiger partial charge is 0.326 e. The lowest BCUT2D eigenvalue weighted by Gasteiger charge is -2.26. The maximum Gasteiger partial charge on any atom is 0.326 e. The lowest BCUT2D eigenvalue weighted by atomic mass is 10.2. The number of H-pyrrole nitrogens is 2. The minimum absolute atomic E-state index is 0.0930. The summed E-state index contributed by atoms with van der Waals surface area (Å²) in [6, 6.07) is 6.42. The van der Waals surface area contributed by atoms with Gasteiger partial charge in [0, 0.05) is 48.4 Å². The minimum atomic E-state index is -0.685. The zero-order chi connectivity index (χ0) is 26.1. The van der Waals surface area contributed by atoms with E-state index < -0.39 is 11.6 Å². The maximum absolute atomic E-state index is 15.2. The zero-order valence-electron chi connectivity index (χ0n) is 21.1. The van der Waals surface area contributed by atoms with Gasteiger partial charge in [-0.1, -0.05) is 20.4 Å². The van der Waals surface area contributed by atoms with Crippen LogP contribution in [0, 0.1) is 18.6 Å². The Bertz CT molecular complexity index is 1430. The number of halogens is 2. The van der Waals surface area contributed by atoms with Crippen molar-refractivity contribution in [2.75, 3.05) is 36.4 Å². The Morgan fingerprint density at radius 1 is 1.19 bits per heavy atom. The van der Waals surface area contributed by atoms with Crippen LogP contribution in [-0.4, -0.2) is 62.3 Å². The second-order valence-electron chi connectivity index (χ2n) is 9.05. The minimum Gasteiger partial charge on any atom is -0.421 e. The molecule has 11 heteroatoms. The fourth-order valence-electron chi connectivity index (χ4n) is 4.82. The number of likely N-dealkylation sites (N-methyl/N-ethyl adjacent to an activating group) is 1. The second kappa shape index (κ2) is 10.2. The van der Waals surface area contributed by atoms with E-state index in [1.165, 1.54) is 6.07 Å². The zero-order valence-corrected chi connectivity index (χ0v) is 21.1. The van der Waals surface area contributed by atoms with E-state index in [-0.39, 0.29) is 22.7 Å². The van der Waals surface area contributed by atoms with E-state index >= 15 is 4.39 Å². The van der Waals surface area contributed by atoms with Crippen LogP contribution in [0.3, 0.4) is 0 Å². The monoisotopic (exact) mass is 508 g/mol. The molecule has 1 aromatic carbocycles.